The van der Waals surface area contributed by atoms with E-state index in [-0.39, 0.29) is 47.3 Å². The number of halogens is 1. The second-order valence-electron chi connectivity index (χ2n) is 6.43. The molecule has 0 aliphatic heterocycles. The number of carbonyl (C=O) groups is 2. The standard InChI is InChI=1S/C23H15ClN2O3.Na.H/c24-17-7-8-21(20(12-17)23(28)29)26-22(27)15-4-1-3-14(11-15)18-6-2-5-16-13-25-10-9-19(16)18;;/h1-13H,(H,26,27)(H,28,29);;/q;+1;-1. The van der Waals surface area contributed by atoms with Gasteiger partial charge in [0.15, 0.2) is 0 Å². The molecule has 30 heavy (non-hydrogen) atoms. The Bertz CT molecular complexity index is 1260. The van der Waals surface area contributed by atoms with Gasteiger partial charge in [-0.05, 0) is 52.9 Å². The van der Waals surface area contributed by atoms with E-state index in [1.54, 1.807) is 30.6 Å². The molecule has 0 radical (unpaired) electrons. The van der Waals surface area contributed by atoms with E-state index >= 15 is 0 Å². The number of nitrogens with one attached hydrogen (secondary N) is 1. The Hall–Kier alpha value is -2.70. The van der Waals surface area contributed by atoms with Crippen molar-refractivity contribution in [3.8, 4) is 11.1 Å². The zero-order chi connectivity index (χ0) is 20.4. The topological polar surface area (TPSA) is 79.3 Å². The number of carbonyl (C=O) groups excluding carboxylic acids is 1. The van der Waals surface area contributed by atoms with Crippen LogP contribution in [0.3, 0.4) is 0 Å². The number of benzene rings is 3. The average Bonchev–Trinajstić information content (AvgIpc) is 2.74. The third-order valence-corrected chi connectivity index (χ3v) is 4.81. The van der Waals surface area contributed by atoms with Crippen molar-refractivity contribution >= 4 is 39.9 Å². The first-order valence-corrected chi connectivity index (χ1v) is 9.18. The van der Waals surface area contributed by atoms with Gasteiger partial charge < -0.3 is 11.8 Å². The molecule has 0 bridgehead atoms. The van der Waals surface area contributed by atoms with E-state index in [9.17, 15) is 14.7 Å². The fraction of sp³-hybridized carbons (Fsp3) is 0. The molecule has 3 aromatic carbocycles. The number of hydrogen-bond acceptors (Lipinski definition) is 3. The molecule has 0 aliphatic carbocycles. The first-order valence-electron chi connectivity index (χ1n) is 8.80. The smallest absolute Gasteiger partial charge is 1.00 e. The maximum Gasteiger partial charge on any atom is 1.00 e. The van der Waals surface area contributed by atoms with Crippen molar-refractivity contribution in [2.45, 2.75) is 0 Å². The van der Waals surface area contributed by atoms with Gasteiger partial charge in [0.25, 0.3) is 5.91 Å². The maximum atomic E-state index is 12.8. The zero-order valence-corrected chi connectivity index (χ0v) is 18.9. The molecule has 4 aromatic rings. The fourth-order valence-electron chi connectivity index (χ4n) is 3.20. The predicted octanol–water partition coefficient (Wildman–Crippen LogP) is 2.62. The molecular weight excluding hydrogens is 411 g/mol. The van der Waals surface area contributed by atoms with Gasteiger partial charge in [0, 0.05) is 28.4 Å². The Morgan fingerprint density at radius 3 is 2.60 bits per heavy atom. The van der Waals surface area contributed by atoms with Crippen LogP contribution >= 0.6 is 11.6 Å². The number of carboxylic acids is 1. The van der Waals surface area contributed by atoms with Gasteiger partial charge in [-0.1, -0.05) is 41.9 Å². The molecule has 0 aliphatic rings. The van der Waals surface area contributed by atoms with E-state index in [2.05, 4.69) is 10.3 Å². The van der Waals surface area contributed by atoms with E-state index in [0.29, 0.717) is 5.56 Å². The van der Waals surface area contributed by atoms with Crippen LogP contribution in [0.1, 0.15) is 22.1 Å². The SMILES string of the molecule is O=C(Nc1ccc(Cl)cc1C(=O)O)c1cccc(-c2cccc3cnccc23)c1.[H-].[Na+]. The number of rotatable bonds is 4. The Morgan fingerprint density at radius 1 is 1.00 bits per heavy atom. The van der Waals surface area contributed by atoms with Gasteiger partial charge in [-0.15, -0.1) is 0 Å². The summed E-state index contributed by atoms with van der Waals surface area (Å²) >= 11 is 5.87. The molecule has 0 saturated heterocycles. The van der Waals surface area contributed by atoms with Gasteiger partial charge in [0.05, 0.1) is 11.3 Å². The van der Waals surface area contributed by atoms with Crippen LogP contribution < -0.4 is 34.9 Å². The molecule has 4 rings (SSSR count). The van der Waals surface area contributed by atoms with Crippen molar-refractivity contribution in [3.63, 3.8) is 0 Å². The minimum atomic E-state index is -1.17. The first-order chi connectivity index (χ1) is 14.0. The molecule has 0 saturated carbocycles. The molecule has 7 heteroatoms. The number of aromatic carboxylic acids is 1. The fourth-order valence-corrected chi connectivity index (χ4v) is 3.37. The number of pyridine rings is 1. The molecule has 1 amide bonds. The Balaban J connectivity index is 0.00000171. The molecule has 0 unspecified atom stereocenters. The summed E-state index contributed by atoms with van der Waals surface area (Å²) in [5, 5.41) is 14.3. The largest absolute Gasteiger partial charge is 1.00 e. The number of amides is 1. The van der Waals surface area contributed by atoms with E-state index in [4.69, 9.17) is 11.6 Å². The Kier molecular flexibility index (Phi) is 6.90. The monoisotopic (exact) mass is 426 g/mol. The van der Waals surface area contributed by atoms with Crippen molar-refractivity contribution in [2.75, 3.05) is 5.32 Å². The summed E-state index contributed by atoms with van der Waals surface area (Å²) in [6, 6.07) is 19.3. The Labute approximate surface area is 201 Å². The van der Waals surface area contributed by atoms with E-state index < -0.39 is 11.9 Å². The molecule has 2 N–H and O–H groups in total. The third kappa shape index (κ3) is 4.55. The normalized spacial score (nSPS) is 10.3. The van der Waals surface area contributed by atoms with E-state index in [1.807, 2.05) is 30.3 Å². The molecule has 0 atom stereocenters. The van der Waals surface area contributed by atoms with Crippen molar-refractivity contribution in [1.29, 1.82) is 0 Å². The maximum absolute atomic E-state index is 12.8. The van der Waals surface area contributed by atoms with Gasteiger partial charge in [-0.3, -0.25) is 9.78 Å². The zero-order valence-electron chi connectivity index (χ0n) is 17.1. The second-order valence-corrected chi connectivity index (χ2v) is 6.87. The summed E-state index contributed by atoms with van der Waals surface area (Å²) in [6.07, 6.45) is 3.53. The summed E-state index contributed by atoms with van der Waals surface area (Å²) in [5.74, 6) is -1.57. The summed E-state index contributed by atoms with van der Waals surface area (Å²) in [4.78, 5) is 28.4. The molecular formula is C23H16ClN2NaO3. The van der Waals surface area contributed by atoms with Gasteiger partial charge >= 0.3 is 35.5 Å². The molecule has 0 spiro atoms. The summed E-state index contributed by atoms with van der Waals surface area (Å²) in [5.41, 5.74) is 2.40. The van der Waals surface area contributed by atoms with Gasteiger partial charge in [-0.2, -0.15) is 0 Å². The van der Waals surface area contributed by atoms with E-state index in [0.717, 1.165) is 21.9 Å². The average molecular weight is 427 g/mol. The number of anilines is 1. The number of carboxylic acid groups (broad SMARTS) is 1. The number of hydrogen-bond donors (Lipinski definition) is 2. The van der Waals surface area contributed by atoms with Gasteiger partial charge in [-0.25, -0.2) is 4.79 Å². The van der Waals surface area contributed by atoms with Gasteiger partial charge in [0.1, 0.15) is 0 Å². The van der Waals surface area contributed by atoms with Crippen molar-refractivity contribution in [2.24, 2.45) is 0 Å². The van der Waals surface area contributed by atoms with Crippen LogP contribution in [0.5, 0.6) is 0 Å². The van der Waals surface area contributed by atoms with Crippen LogP contribution in [0.4, 0.5) is 5.69 Å². The molecule has 1 aromatic heterocycles. The van der Waals surface area contributed by atoms with Crippen LogP contribution in [0.15, 0.2) is 79.1 Å². The van der Waals surface area contributed by atoms with Gasteiger partial charge in [0.2, 0.25) is 0 Å². The van der Waals surface area contributed by atoms with Crippen LogP contribution in [0.25, 0.3) is 21.9 Å². The number of fused-ring (bicyclic) bond motifs is 1. The van der Waals surface area contributed by atoms with Crippen molar-refractivity contribution in [3.05, 3.63) is 95.3 Å². The first kappa shape index (κ1) is 22.0. The molecule has 5 nitrogen and oxygen atoms in total. The minimum absolute atomic E-state index is 0. The van der Waals surface area contributed by atoms with Crippen LogP contribution in [-0.2, 0) is 0 Å². The quantitative estimate of drug-likeness (QED) is 0.492. The number of nitrogens with zero attached hydrogens (tertiary/aromatic N) is 1. The van der Waals surface area contributed by atoms with Crippen molar-refractivity contribution < 1.29 is 45.7 Å². The number of aromatic nitrogens is 1. The molecule has 144 valence electrons. The van der Waals surface area contributed by atoms with Crippen molar-refractivity contribution in [1.82, 2.24) is 4.98 Å². The molecule has 1 heterocycles. The summed E-state index contributed by atoms with van der Waals surface area (Å²) in [7, 11) is 0. The predicted molar refractivity (Wildman–Crippen MR) is 115 cm³/mol. The minimum Gasteiger partial charge on any atom is -1.00 e. The van der Waals surface area contributed by atoms with E-state index in [1.165, 1.54) is 18.2 Å². The molecule has 0 fully saturated rings. The Morgan fingerprint density at radius 2 is 1.80 bits per heavy atom. The summed E-state index contributed by atoms with van der Waals surface area (Å²) < 4.78 is 0. The van der Waals surface area contributed by atoms with Crippen LogP contribution in [0.2, 0.25) is 5.02 Å². The van der Waals surface area contributed by atoms with Crippen LogP contribution in [0, 0.1) is 0 Å². The summed E-state index contributed by atoms with van der Waals surface area (Å²) in [6.45, 7) is 0. The second kappa shape index (κ2) is 9.41. The van der Waals surface area contributed by atoms with Crippen LogP contribution in [-0.4, -0.2) is 22.0 Å². The third-order valence-electron chi connectivity index (χ3n) is 4.58.